The summed E-state index contributed by atoms with van der Waals surface area (Å²) in [7, 11) is 0. The van der Waals surface area contributed by atoms with Crippen LogP contribution in [0.3, 0.4) is 0 Å². The Morgan fingerprint density at radius 1 is 1.56 bits per heavy atom. The Bertz CT molecular complexity index is 556. The Kier molecular flexibility index (Phi) is 4.80. The molecule has 0 radical (unpaired) electrons. The Hall–Kier alpha value is -2.43. The molecule has 0 aliphatic heterocycles. The zero-order valence-corrected chi connectivity index (χ0v) is 10.2. The Morgan fingerprint density at radius 2 is 2.28 bits per heavy atom. The van der Waals surface area contributed by atoms with E-state index in [1.165, 1.54) is 29.1 Å². The van der Waals surface area contributed by atoms with Crippen molar-refractivity contribution in [2.75, 3.05) is 6.54 Å². The van der Waals surface area contributed by atoms with Crippen LogP contribution in [0.5, 0.6) is 0 Å². The summed E-state index contributed by atoms with van der Waals surface area (Å²) in [6.45, 7) is 9.37. The fraction of sp³-hybridized carbons (Fsp3) is 0.154. The number of nitrogens with one attached hydrogen (secondary N) is 1. The van der Waals surface area contributed by atoms with E-state index in [0.717, 1.165) is 0 Å². The molecule has 1 aromatic rings. The Balaban J connectivity index is 3.33. The fourth-order valence-corrected chi connectivity index (χ4v) is 1.38. The first-order chi connectivity index (χ1) is 8.65. The van der Waals surface area contributed by atoms with Crippen molar-refractivity contribution in [2.24, 2.45) is 0 Å². The molecule has 0 saturated heterocycles. The summed E-state index contributed by atoms with van der Waals surface area (Å²) in [6, 6.07) is 0. The minimum atomic E-state index is -0.489. The molecule has 1 N–H and O–H groups in total. The first-order valence-electron chi connectivity index (χ1n) is 5.47. The minimum Gasteiger partial charge on any atom is -0.351 e. The molecule has 0 aromatic carbocycles. The maximum atomic E-state index is 12.1. The summed E-state index contributed by atoms with van der Waals surface area (Å²) < 4.78 is 1.30. The van der Waals surface area contributed by atoms with Gasteiger partial charge in [0.2, 0.25) is 0 Å². The van der Waals surface area contributed by atoms with Crippen LogP contribution < -0.4 is 10.9 Å². The monoisotopic (exact) mass is 245 g/mol. The molecule has 0 spiro atoms. The molecule has 0 fully saturated rings. The van der Waals surface area contributed by atoms with Gasteiger partial charge >= 0.3 is 0 Å². The van der Waals surface area contributed by atoms with Crippen LogP contribution in [-0.4, -0.2) is 22.0 Å². The second-order valence-electron chi connectivity index (χ2n) is 3.34. The van der Waals surface area contributed by atoms with Crippen molar-refractivity contribution in [1.82, 2.24) is 14.9 Å². The van der Waals surface area contributed by atoms with Crippen LogP contribution in [0.2, 0.25) is 0 Å². The maximum Gasteiger partial charge on any atom is 0.286 e. The molecule has 5 heteroatoms. The number of carbonyl (C=O) groups excluding carboxylic acids is 1. The molecule has 18 heavy (non-hydrogen) atoms. The van der Waals surface area contributed by atoms with Crippen LogP contribution in [-0.2, 0) is 0 Å². The van der Waals surface area contributed by atoms with Gasteiger partial charge in [-0.25, -0.2) is 4.98 Å². The summed E-state index contributed by atoms with van der Waals surface area (Å²) in [6.07, 6.45) is 7.53. The fourth-order valence-electron chi connectivity index (χ4n) is 1.38. The van der Waals surface area contributed by atoms with Crippen molar-refractivity contribution in [3.05, 3.63) is 59.8 Å². The number of hydrogen-bond donors (Lipinski definition) is 1. The molecule has 5 nitrogen and oxygen atoms in total. The van der Waals surface area contributed by atoms with Gasteiger partial charge in [0.15, 0.2) is 5.69 Å². The van der Waals surface area contributed by atoms with Gasteiger partial charge in [-0.15, -0.1) is 0 Å². The molecule has 1 heterocycles. The molecule has 0 unspecified atom stereocenters. The summed E-state index contributed by atoms with van der Waals surface area (Å²) in [5, 5.41) is 2.54. The van der Waals surface area contributed by atoms with E-state index < -0.39 is 11.5 Å². The summed E-state index contributed by atoms with van der Waals surface area (Å²) >= 11 is 0. The van der Waals surface area contributed by atoms with Gasteiger partial charge in [-0.3, -0.25) is 14.2 Å². The molecule has 0 bridgehead atoms. The second-order valence-corrected chi connectivity index (χ2v) is 3.34. The molecular weight excluding hydrogens is 230 g/mol. The van der Waals surface area contributed by atoms with Gasteiger partial charge in [0, 0.05) is 24.6 Å². The molecule has 1 amide bonds. The number of carbonyl (C=O) groups is 1. The van der Waals surface area contributed by atoms with Crippen molar-refractivity contribution in [3.8, 4) is 0 Å². The third kappa shape index (κ3) is 2.82. The van der Waals surface area contributed by atoms with Crippen LogP contribution >= 0.6 is 0 Å². The highest BCUT2D eigenvalue weighted by molar-refractivity contribution is 5.92. The Labute approximate surface area is 105 Å². The highest BCUT2D eigenvalue weighted by Crippen LogP contribution is 2.02. The maximum absolute atomic E-state index is 12.1. The van der Waals surface area contributed by atoms with Gasteiger partial charge in [-0.05, 0) is 19.1 Å². The van der Waals surface area contributed by atoms with E-state index in [-0.39, 0.29) is 5.69 Å². The van der Waals surface area contributed by atoms with E-state index in [4.69, 9.17) is 0 Å². The van der Waals surface area contributed by atoms with Crippen LogP contribution in [0.15, 0.2) is 48.6 Å². The predicted molar refractivity (Wildman–Crippen MR) is 71.2 cm³/mol. The summed E-state index contributed by atoms with van der Waals surface area (Å²) in [5.74, 6) is -0.487. The minimum absolute atomic E-state index is 0.142. The van der Waals surface area contributed by atoms with E-state index in [2.05, 4.69) is 23.5 Å². The van der Waals surface area contributed by atoms with Gasteiger partial charge in [0.1, 0.15) is 0 Å². The number of aromatic nitrogens is 2. The third-order valence-electron chi connectivity index (χ3n) is 2.17. The lowest BCUT2D eigenvalue weighted by atomic mass is 10.3. The SMILES string of the molecule is C=C/C=C(\C=C)n1ccnc(C(=O)NCC)c1=O. The van der Waals surface area contributed by atoms with Gasteiger partial charge in [0.25, 0.3) is 11.5 Å². The van der Waals surface area contributed by atoms with Gasteiger partial charge in [0.05, 0.1) is 0 Å². The average molecular weight is 245 g/mol. The number of hydrogen-bond acceptors (Lipinski definition) is 3. The molecule has 0 aliphatic rings. The number of allylic oxidation sites excluding steroid dienone is 4. The topological polar surface area (TPSA) is 64.0 Å². The number of nitrogens with zero attached hydrogens (tertiary/aromatic N) is 2. The zero-order valence-electron chi connectivity index (χ0n) is 10.2. The molecule has 0 aliphatic carbocycles. The molecule has 1 aromatic heterocycles. The van der Waals surface area contributed by atoms with Gasteiger partial charge in [-0.2, -0.15) is 0 Å². The molecule has 0 atom stereocenters. The lowest BCUT2D eigenvalue weighted by Crippen LogP contribution is -2.33. The summed E-state index contributed by atoms with van der Waals surface area (Å²) in [4.78, 5) is 27.5. The second kappa shape index (κ2) is 6.34. The largest absolute Gasteiger partial charge is 0.351 e. The van der Waals surface area contributed by atoms with Crippen LogP contribution in [0.4, 0.5) is 0 Å². The molecule has 0 saturated carbocycles. The molecule has 1 rings (SSSR count). The first-order valence-corrected chi connectivity index (χ1v) is 5.47. The highest BCUT2D eigenvalue weighted by Gasteiger charge is 2.13. The quantitative estimate of drug-likeness (QED) is 0.793. The van der Waals surface area contributed by atoms with Crippen LogP contribution in [0, 0.1) is 0 Å². The van der Waals surface area contributed by atoms with E-state index >= 15 is 0 Å². The first kappa shape index (κ1) is 13.6. The van der Waals surface area contributed by atoms with Crippen LogP contribution in [0.1, 0.15) is 17.4 Å². The third-order valence-corrected chi connectivity index (χ3v) is 2.17. The molecular formula is C13H15N3O2. The highest BCUT2D eigenvalue weighted by atomic mass is 16.2. The Morgan fingerprint density at radius 3 is 2.83 bits per heavy atom. The van der Waals surface area contributed by atoms with Gasteiger partial charge in [-0.1, -0.05) is 19.2 Å². The molecule has 94 valence electrons. The van der Waals surface area contributed by atoms with E-state index in [9.17, 15) is 9.59 Å². The number of amides is 1. The van der Waals surface area contributed by atoms with Crippen molar-refractivity contribution in [2.45, 2.75) is 6.92 Å². The van der Waals surface area contributed by atoms with Crippen molar-refractivity contribution in [1.29, 1.82) is 0 Å². The zero-order chi connectivity index (χ0) is 13.5. The lowest BCUT2D eigenvalue weighted by Gasteiger charge is -2.07. The predicted octanol–water partition coefficient (Wildman–Crippen LogP) is 1.21. The van der Waals surface area contributed by atoms with Crippen LogP contribution in [0.25, 0.3) is 5.70 Å². The van der Waals surface area contributed by atoms with E-state index in [1.807, 2.05) is 0 Å². The summed E-state index contributed by atoms with van der Waals surface area (Å²) in [5.41, 5.74) is -0.101. The van der Waals surface area contributed by atoms with Crippen molar-refractivity contribution in [3.63, 3.8) is 0 Å². The smallest absolute Gasteiger partial charge is 0.286 e. The van der Waals surface area contributed by atoms with Crippen molar-refractivity contribution < 1.29 is 4.79 Å². The normalized spacial score (nSPS) is 10.8. The average Bonchev–Trinajstić information content (AvgIpc) is 2.37. The standard InChI is InChI=1S/C13H15N3O2/c1-4-7-10(5-2)16-9-8-15-11(13(16)18)12(17)14-6-3/h4-5,7-9H,1-2,6H2,3H3,(H,14,17)/b10-7+. The van der Waals surface area contributed by atoms with E-state index in [1.54, 1.807) is 13.0 Å². The van der Waals surface area contributed by atoms with Crippen molar-refractivity contribution >= 4 is 11.6 Å². The lowest BCUT2D eigenvalue weighted by molar-refractivity contribution is 0.0949. The van der Waals surface area contributed by atoms with Gasteiger partial charge < -0.3 is 5.32 Å². The van der Waals surface area contributed by atoms with E-state index in [0.29, 0.717) is 12.2 Å². The number of rotatable bonds is 5.